The number of hydrogen-bond donors (Lipinski definition) is 1. The minimum Gasteiger partial charge on any atom is -0.450 e. The highest BCUT2D eigenvalue weighted by atomic mass is 31.2. The van der Waals surface area contributed by atoms with Crippen molar-refractivity contribution in [3.63, 3.8) is 0 Å². The van der Waals surface area contributed by atoms with Gasteiger partial charge in [-0.15, -0.1) is 0 Å². The molecule has 0 aliphatic carbocycles. The van der Waals surface area contributed by atoms with E-state index in [1.54, 1.807) is 0 Å². The van der Waals surface area contributed by atoms with Crippen LogP contribution in [0, 0.1) is 0 Å². The first kappa shape index (κ1) is 15.1. The Bertz CT molecular complexity index is 284. The molecule has 0 saturated carbocycles. The quantitative estimate of drug-likeness (QED) is 0.509. The molecule has 0 unspecified atom stereocenters. The number of ketones is 1. The monoisotopic (exact) mass is 253 g/mol. The highest BCUT2D eigenvalue weighted by molar-refractivity contribution is 7.54. The van der Waals surface area contributed by atoms with E-state index in [0.29, 0.717) is 6.42 Å². The van der Waals surface area contributed by atoms with E-state index in [1.807, 2.05) is 0 Å². The molecule has 2 N–H and O–H groups in total. The van der Waals surface area contributed by atoms with Crippen molar-refractivity contribution in [2.24, 2.45) is 5.73 Å². The summed E-state index contributed by atoms with van der Waals surface area (Å²) in [7, 11) is -0.855. The molecule has 0 aromatic heterocycles. The highest BCUT2D eigenvalue weighted by Crippen LogP contribution is 2.46. The second-order valence-corrected chi connectivity index (χ2v) is 5.21. The lowest BCUT2D eigenvalue weighted by Crippen LogP contribution is -2.15. The summed E-state index contributed by atoms with van der Waals surface area (Å²) >= 11 is 0. The maximum absolute atomic E-state index is 11.5. The summed E-state index contributed by atoms with van der Waals surface area (Å²) < 4.78 is 25.2. The lowest BCUT2D eigenvalue weighted by atomic mass is 10.2. The molecule has 8 heteroatoms. The van der Waals surface area contributed by atoms with Crippen LogP contribution in [0.3, 0.4) is 0 Å². The molecule has 0 aromatic carbocycles. The Balaban J connectivity index is 3.82. The number of rotatable bonds is 8. The number of primary amides is 1. The van der Waals surface area contributed by atoms with Gasteiger partial charge in [-0.1, -0.05) is 0 Å². The number of carbonyl (C=O) groups excluding carboxylic acids is 2. The zero-order chi connectivity index (χ0) is 12.6. The van der Waals surface area contributed by atoms with Gasteiger partial charge in [0.05, 0.1) is 6.61 Å². The van der Waals surface area contributed by atoms with Crippen molar-refractivity contribution in [3.05, 3.63) is 0 Å². The van der Waals surface area contributed by atoms with Crippen LogP contribution in [0.15, 0.2) is 0 Å². The summed E-state index contributed by atoms with van der Waals surface area (Å²) in [5.74, 6) is -0.278. The lowest BCUT2D eigenvalue weighted by molar-refractivity contribution is -0.117. The fraction of sp³-hybridized carbons (Fsp3) is 0.750. The largest absolute Gasteiger partial charge is 0.450 e. The SMILES string of the molecule is COP(=O)(CC(=O)CCCOC(N)=O)OC. The Morgan fingerprint density at radius 1 is 1.25 bits per heavy atom. The first-order valence-electron chi connectivity index (χ1n) is 4.58. The van der Waals surface area contributed by atoms with Crippen molar-refractivity contribution < 1.29 is 27.9 Å². The van der Waals surface area contributed by atoms with Gasteiger partial charge in [0, 0.05) is 20.6 Å². The summed E-state index contributed by atoms with van der Waals surface area (Å²) in [5.41, 5.74) is 4.72. The van der Waals surface area contributed by atoms with Gasteiger partial charge >= 0.3 is 13.7 Å². The minimum atomic E-state index is -3.29. The normalized spacial score (nSPS) is 11.1. The van der Waals surface area contributed by atoms with Crippen LogP contribution in [-0.2, 0) is 23.1 Å². The maximum Gasteiger partial charge on any atom is 0.404 e. The highest BCUT2D eigenvalue weighted by Gasteiger charge is 2.24. The van der Waals surface area contributed by atoms with E-state index >= 15 is 0 Å². The number of nitrogens with two attached hydrogens (primary N) is 1. The molecule has 0 aromatic rings. The number of hydrogen-bond acceptors (Lipinski definition) is 6. The van der Waals surface area contributed by atoms with E-state index < -0.39 is 13.7 Å². The molecule has 0 heterocycles. The predicted molar refractivity (Wildman–Crippen MR) is 56.3 cm³/mol. The Kier molecular flexibility index (Phi) is 6.96. The summed E-state index contributed by atoms with van der Waals surface area (Å²) in [5, 5.41) is 0. The van der Waals surface area contributed by atoms with E-state index in [9.17, 15) is 14.2 Å². The number of ether oxygens (including phenoxy) is 1. The second-order valence-electron chi connectivity index (χ2n) is 2.94. The molecule has 0 aliphatic rings. The van der Waals surface area contributed by atoms with Gasteiger partial charge in [0.15, 0.2) is 0 Å². The molecule has 0 bridgehead atoms. The van der Waals surface area contributed by atoms with E-state index in [4.69, 9.17) is 5.73 Å². The Labute approximate surface area is 93.8 Å². The Morgan fingerprint density at radius 2 is 1.81 bits per heavy atom. The Hall–Kier alpha value is -0.910. The number of carbonyl (C=O) groups is 2. The van der Waals surface area contributed by atoms with Crippen LogP contribution < -0.4 is 5.73 Å². The first-order chi connectivity index (χ1) is 7.43. The van der Waals surface area contributed by atoms with Crippen LogP contribution in [0.4, 0.5) is 4.79 Å². The number of Topliss-reactive ketones (excluding diaryl/α,β-unsaturated/α-hetero) is 1. The van der Waals surface area contributed by atoms with Crippen LogP contribution in [-0.4, -0.2) is 38.9 Å². The van der Waals surface area contributed by atoms with Crippen LogP contribution >= 0.6 is 7.60 Å². The molecule has 0 aliphatic heterocycles. The summed E-state index contributed by atoms with van der Waals surface area (Å²) in [4.78, 5) is 21.5. The van der Waals surface area contributed by atoms with Gasteiger partial charge in [0.25, 0.3) is 0 Å². The van der Waals surface area contributed by atoms with Crippen LogP contribution in [0.25, 0.3) is 0 Å². The molecule has 0 rings (SSSR count). The van der Waals surface area contributed by atoms with Crippen molar-refractivity contribution in [2.75, 3.05) is 27.0 Å². The molecule has 7 nitrogen and oxygen atoms in total. The van der Waals surface area contributed by atoms with Crippen molar-refractivity contribution in [2.45, 2.75) is 12.8 Å². The van der Waals surface area contributed by atoms with Gasteiger partial charge in [-0.05, 0) is 6.42 Å². The van der Waals surface area contributed by atoms with Crippen LogP contribution in [0.1, 0.15) is 12.8 Å². The van der Waals surface area contributed by atoms with E-state index in [2.05, 4.69) is 13.8 Å². The summed E-state index contributed by atoms with van der Waals surface area (Å²) in [6, 6.07) is 0. The minimum absolute atomic E-state index is 0.0609. The van der Waals surface area contributed by atoms with E-state index in [-0.39, 0.29) is 25.0 Å². The van der Waals surface area contributed by atoms with Crippen molar-refractivity contribution in [1.29, 1.82) is 0 Å². The van der Waals surface area contributed by atoms with Crippen molar-refractivity contribution in [3.8, 4) is 0 Å². The van der Waals surface area contributed by atoms with Gasteiger partial charge in [-0.2, -0.15) is 0 Å². The van der Waals surface area contributed by atoms with Gasteiger partial charge in [0.2, 0.25) is 0 Å². The van der Waals surface area contributed by atoms with Gasteiger partial charge < -0.3 is 19.5 Å². The standard InChI is InChI=1S/C8H16NO6P/c1-13-16(12,14-2)6-7(10)4-3-5-15-8(9)11/h3-6H2,1-2H3,(H2,9,11). The molecule has 0 atom stereocenters. The summed E-state index contributed by atoms with van der Waals surface area (Å²) in [6.07, 6.45) is -0.706. The molecule has 16 heavy (non-hydrogen) atoms. The molecule has 0 radical (unpaired) electrons. The van der Waals surface area contributed by atoms with Gasteiger partial charge in [-0.25, -0.2) is 4.79 Å². The smallest absolute Gasteiger partial charge is 0.404 e. The molecule has 0 saturated heterocycles. The average Bonchev–Trinajstić information content (AvgIpc) is 2.24. The third-order valence-corrected chi connectivity index (χ3v) is 3.62. The first-order valence-corrected chi connectivity index (χ1v) is 6.31. The molecule has 1 amide bonds. The molecular formula is C8H16NO6P. The summed E-state index contributed by atoms with van der Waals surface area (Å²) in [6.45, 7) is 0.0609. The van der Waals surface area contributed by atoms with Crippen molar-refractivity contribution in [1.82, 2.24) is 0 Å². The lowest BCUT2D eigenvalue weighted by Gasteiger charge is -2.12. The average molecular weight is 253 g/mol. The van der Waals surface area contributed by atoms with E-state index in [0.717, 1.165) is 0 Å². The van der Waals surface area contributed by atoms with Crippen molar-refractivity contribution >= 4 is 19.5 Å². The molecule has 0 spiro atoms. The third-order valence-electron chi connectivity index (χ3n) is 1.77. The van der Waals surface area contributed by atoms with Crippen LogP contribution in [0.2, 0.25) is 0 Å². The molecule has 0 fully saturated rings. The third kappa shape index (κ3) is 6.55. The molecular weight excluding hydrogens is 237 g/mol. The number of amides is 1. The van der Waals surface area contributed by atoms with Crippen LogP contribution in [0.5, 0.6) is 0 Å². The molecule has 94 valence electrons. The fourth-order valence-corrected chi connectivity index (χ4v) is 1.94. The van der Waals surface area contributed by atoms with Gasteiger partial charge in [0.1, 0.15) is 11.9 Å². The van der Waals surface area contributed by atoms with Gasteiger partial charge in [-0.3, -0.25) is 9.36 Å². The predicted octanol–water partition coefficient (Wildman–Crippen LogP) is 0.917. The maximum atomic E-state index is 11.5. The topological polar surface area (TPSA) is 105 Å². The zero-order valence-corrected chi connectivity index (χ0v) is 10.2. The fourth-order valence-electron chi connectivity index (χ4n) is 0.941. The second kappa shape index (κ2) is 7.38. The van der Waals surface area contributed by atoms with E-state index in [1.165, 1.54) is 14.2 Å². The Morgan fingerprint density at radius 3 is 2.25 bits per heavy atom. The zero-order valence-electron chi connectivity index (χ0n) is 9.30.